The number of carbonyl (C=O) groups excluding carboxylic acids is 1. The molecule has 1 N–H and O–H groups in total. The average Bonchev–Trinajstić information content (AvgIpc) is 2.30. The number of β-amino-alcohol motifs (C(OH)–C–C–N with tert-alkyl or cyclic N) is 1. The lowest BCUT2D eigenvalue weighted by atomic mass is 9.94. The number of hydrogen-bond acceptors (Lipinski definition) is 2. The van der Waals surface area contributed by atoms with E-state index >= 15 is 0 Å². The van der Waals surface area contributed by atoms with Crippen molar-refractivity contribution in [2.45, 2.75) is 25.4 Å². The van der Waals surface area contributed by atoms with Gasteiger partial charge in [0.2, 0.25) is 0 Å². The lowest BCUT2D eigenvalue weighted by molar-refractivity contribution is -0.0107. The molecule has 1 aromatic rings. The third kappa shape index (κ3) is 2.97. The quantitative estimate of drug-likeness (QED) is 0.863. The Labute approximate surface area is 116 Å². The highest BCUT2D eigenvalue weighted by Crippen LogP contribution is 2.26. The van der Waals surface area contributed by atoms with E-state index in [-0.39, 0.29) is 5.91 Å². The predicted octanol–water partition coefficient (Wildman–Crippen LogP) is 2.98. The zero-order chi connectivity index (χ0) is 13.3. The number of amides is 1. The Hall–Kier alpha value is -0.770. The third-order valence-electron chi connectivity index (χ3n) is 3.12. The molecular weight excluding hydrogens is 273 g/mol. The number of carbonyl (C=O) groups is 1. The van der Waals surface area contributed by atoms with E-state index < -0.39 is 5.60 Å². The second-order valence-electron chi connectivity index (χ2n) is 4.95. The molecule has 0 bridgehead atoms. The van der Waals surface area contributed by atoms with Gasteiger partial charge in [-0.2, -0.15) is 0 Å². The second kappa shape index (κ2) is 5.08. The van der Waals surface area contributed by atoms with E-state index in [9.17, 15) is 9.90 Å². The van der Waals surface area contributed by atoms with E-state index in [1.165, 1.54) is 0 Å². The number of nitrogens with zero attached hydrogens (tertiary/aromatic N) is 1. The standard InChI is InChI=1S/C13H15Cl2NO2/c1-13(18)5-2-6-16(8-13)12(17)10-7-9(14)3-4-11(10)15/h3-4,7,18H,2,5-6,8H2,1H3. The Balaban J connectivity index is 2.23. The molecule has 1 heterocycles. The first kappa shape index (κ1) is 13.7. The largest absolute Gasteiger partial charge is 0.388 e. The van der Waals surface area contributed by atoms with Gasteiger partial charge in [-0.3, -0.25) is 4.79 Å². The first-order valence-corrected chi connectivity index (χ1v) is 6.61. The molecule has 1 fully saturated rings. The number of aliphatic hydroxyl groups is 1. The molecule has 2 rings (SSSR count). The number of halogens is 2. The average molecular weight is 288 g/mol. The molecule has 1 saturated heterocycles. The van der Waals surface area contributed by atoms with Crippen LogP contribution in [0.15, 0.2) is 18.2 Å². The van der Waals surface area contributed by atoms with Crippen LogP contribution >= 0.6 is 23.2 Å². The SMILES string of the molecule is CC1(O)CCCN(C(=O)c2cc(Cl)ccc2Cl)C1. The van der Waals surface area contributed by atoms with Gasteiger partial charge in [-0.15, -0.1) is 0 Å². The van der Waals surface area contributed by atoms with E-state index in [4.69, 9.17) is 23.2 Å². The van der Waals surface area contributed by atoms with Crippen LogP contribution in [-0.2, 0) is 0 Å². The van der Waals surface area contributed by atoms with E-state index in [1.54, 1.807) is 30.0 Å². The van der Waals surface area contributed by atoms with Gasteiger partial charge in [0, 0.05) is 18.1 Å². The Bertz CT molecular complexity index is 474. The second-order valence-corrected chi connectivity index (χ2v) is 5.80. The Kier molecular flexibility index (Phi) is 3.85. The van der Waals surface area contributed by atoms with Crippen LogP contribution in [0, 0.1) is 0 Å². The normalized spacial score (nSPS) is 24.1. The first-order chi connectivity index (χ1) is 8.39. The Morgan fingerprint density at radius 3 is 2.83 bits per heavy atom. The van der Waals surface area contributed by atoms with E-state index in [0.717, 1.165) is 6.42 Å². The molecule has 0 radical (unpaired) electrons. The molecule has 0 saturated carbocycles. The van der Waals surface area contributed by atoms with Gasteiger partial charge in [0.1, 0.15) is 0 Å². The van der Waals surface area contributed by atoms with Crippen LogP contribution in [0.25, 0.3) is 0 Å². The third-order valence-corrected chi connectivity index (χ3v) is 3.69. The van der Waals surface area contributed by atoms with Crippen molar-refractivity contribution in [2.75, 3.05) is 13.1 Å². The van der Waals surface area contributed by atoms with Crippen molar-refractivity contribution < 1.29 is 9.90 Å². The summed E-state index contributed by atoms with van der Waals surface area (Å²) in [6, 6.07) is 4.82. The van der Waals surface area contributed by atoms with E-state index in [2.05, 4.69) is 0 Å². The predicted molar refractivity (Wildman–Crippen MR) is 72.2 cm³/mol. The van der Waals surface area contributed by atoms with Crippen LogP contribution in [0.4, 0.5) is 0 Å². The highest BCUT2D eigenvalue weighted by Gasteiger charge is 2.31. The van der Waals surface area contributed by atoms with Crippen LogP contribution in [0.1, 0.15) is 30.1 Å². The van der Waals surface area contributed by atoms with Gasteiger partial charge < -0.3 is 10.0 Å². The molecule has 0 aromatic heterocycles. The van der Waals surface area contributed by atoms with Crippen LogP contribution < -0.4 is 0 Å². The minimum absolute atomic E-state index is 0.178. The summed E-state index contributed by atoms with van der Waals surface area (Å²) in [5.41, 5.74) is -0.430. The summed E-state index contributed by atoms with van der Waals surface area (Å²) in [5, 5.41) is 10.9. The van der Waals surface area contributed by atoms with Gasteiger partial charge in [-0.25, -0.2) is 0 Å². The summed E-state index contributed by atoms with van der Waals surface area (Å²) in [7, 11) is 0. The fourth-order valence-electron chi connectivity index (χ4n) is 2.23. The number of hydrogen-bond donors (Lipinski definition) is 1. The lowest BCUT2D eigenvalue weighted by Gasteiger charge is -2.37. The molecular formula is C13H15Cl2NO2. The molecule has 0 spiro atoms. The summed E-state index contributed by atoms with van der Waals surface area (Å²) >= 11 is 11.9. The smallest absolute Gasteiger partial charge is 0.255 e. The monoisotopic (exact) mass is 287 g/mol. The van der Waals surface area contributed by atoms with Gasteiger partial charge >= 0.3 is 0 Å². The highest BCUT2D eigenvalue weighted by molar-refractivity contribution is 6.35. The van der Waals surface area contributed by atoms with Crippen molar-refractivity contribution in [3.05, 3.63) is 33.8 Å². The summed E-state index contributed by atoms with van der Waals surface area (Å²) in [6.45, 7) is 2.71. The molecule has 5 heteroatoms. The minimum atomic E-state index is -0.820. The molecule has 18 heavy (non-hydrogen) atoms. The minimum Gasteiger partial charge on any atom is -0.388 e. The molecule has 3 nitrogen and oxygen atoms in total. The van der Waals surface area contributed by atoms with Crippen LogP contribution in [0.5, 0.6) is 0 Å². The van der Waals surface area contributed by atoms with Crippen molar-refractivity contribution in [3.63, 3.8) is 0 Å². The fraction of sp³-hybridized carbons (Fsp3) is 0.462. The van der Waals surface area contributed by atoms with Gasteiger partial charge in [0.25, 0.3) is 5.91 Å². The maximum Gasteiger partial charge on any atom is 0.255 e. The van der Waals surface area contributed by atoms with Crippen LogP contribution in [0.3, 0.4) is 0 Å². The van der Waals surface area contributed by atoms with Gasteiger partial charge in [-0.1, -0.05) is 23.2 Å². The highest BCUT2D eigenvalue weighted by atomic mass is 35.5. The van der Waals surface area contributed by atoms with Crippen molar-refractivity contribution in [2.24, 2.45) is 0 Å². The molecule has 1 amide bonds. The molecule has 98 valence electrons. The van der Waals surface area contributed by atoms with Crippen LogP contribution in [0.2, 0.25) is 10.0 Å². The zero-order valence-electron chi connectivity index (χ0n) is 10.1. The van der Waals surface area contributed by atoms with Crippen LogP contribution in [-0.4, -0.2) is 34.6 Å². The number of rotatable bonds is 1. The maximum atomic E-state index is 12.3. The lowest BCUT2D eigenvalue weighted by Crippen LogP contribution is -2.48. The van der Waals surface area contributed by atoms with Crippen molar-refractivity contribution in [1.29, 1.82) is 0 Å². The van der Waals surface area contributed by atoms with Crippen molar-refractivity contribution >= 4 is 29.1 Å². The summed E-state index contributed by atoms with van der Waals surface area (Å²) in [4.78, 5) is 14.0. The van der Waals surface area contributed by atoms with Gasteiger partial charge in [-0.05, 0) is 38.0 Å². The van der Waals surface area contributed by atoms with E-state index in [1.807, 2.05) is 0 Å². The number of likely N-dealkylation sites (tertiary alicyclic amines) is 1. The van der Waals surface area contributed by atoms with Crippen molar-refractivity contribution in [1.82, 2.24) is 4.90 Å². The van der Waals surface area contributed by atoms with E-state index in [0.29, 0.717) is 35.1 Å². The number of benzene rings is 1. The van der Waals surface area contributed by atoms with Gasteiger partial charge in [0.15, 0.2) is 0 Å². The zero-order valence-corrected chi connectivity index (χ0v) is 11.6. The Morgan fingerprint density at radius 1 is 1.44 bits per heavy atom. The molecule has 0 aliphatic carbocycles. The molecule has 1 aliphatic rings. The summed E-state index contributed by atoms with van der Waals surface area (Å²) < 4.78 is 0. The maximum absolute atomic E-state index is 12.3. The molecule has 1 aromatic carbocycles. The topological polar surface area (TPSA) is 40.5 Å². The fourth-order valence-corrected chi connectivity index (χ4v) is 2.60. The summed E-state index contributed by atoms with van der Waals surface area (Å²) in [6.07, 6.45) is 1.50. The molecule has 1 atom stereocenters. The number of piperidine rings is 1. The van der Waals surface area contributed by atoms with Gasteiger partial charge in [0.05, 0.1) is 16.2 Å². The molecule has 1 unspecified atom stereocenters. The first-order valence-electron chi connectivity index (χ1n) is 5.86. The molecule has 1 aliphatic heterocycles. The summed E-state index contributed by atoms with van der Waals surface area (Å²) in [5.74, 6) is -0.178. The van der Waals surface area contributed by atoms with Crippen molar-refractivity contribution in [3.8, 4) is 0 Å². The Morgan fingerprint density at radius 2 is 2.17 bits per heavy atom.